The Labute approximate surface area is 81.7 Å². The molecule has 2 rings (SSSR count). The van der Waals surface area contributed by atoms with Crippen LogP contribution in [0.3, 0.4) is 0 Å². The zero-order valence-electron chi connectivity index (χ0n) is 7.15. The molecule has 0 unspecified atom stereocenters. The summed E-state index contributed by atoms with van der Waals surface area (Å²) in [5, 5.41) is 0.569. The lowest BCUT2D eigenvalue weighted by Crippen LogP contribution is -2.50. The molecular weight excluding hydrogens is 188 g/mol. The summed E-state index contributed by atoms with van der Waals surface area (Å²) in [5.74, 6) is 1.34. The fourth-order valence-corrected chi connectivity index (χ4v) is 1.45. The van der Waals surface area contributed by atoms with E-state index in [-0.39, 0.29) is 0 Å². The first kappa shape index (κ1) is 8.72. The van der Waals surface area contributed by atoms with Crippen molar-refractivity contribution >= 4 is 17.5 Å². The first-order valence-electron chi connectivity index (χ1n) is 4.22. The van der Waals surface area contributed by atoms with Gasteiger partial charge in [0.05, 0.1) is 17.4 Å². The Morgan fingerprint density at radius 2 is 2.08 bits per heavy atom. The first-order chi connectivity index (χ1) is 6.29. The summed E-state index contributed by atoms with van der Waals surface area (Å²) in [5.41, 5.74) is 5.51. The molecule has 1 aliphatic rings. The summed E-state index contributed by atoms with van der Waals surface area (Å²) in [6.07, 6.45) is 3.22. The number of aromatic nitrogens is 2. The smallest absolute Gasteiger partial charge is 0.225 e. The minimum Gasteiger partial charge on any atom is -0.340 e. The van der Waals surface area contributed by atoms with E-state index < -0.39 is 0 Å². The number of halogens is 1. The fraction of sp³-hybridized carbons (Fsp3) is 0.500. The number of rotatable bonds is 2. The van der Waals surface area contributed by atoms with Gasteiger partial charge in [0.2, 0.25) is 5.95 Å². The average Bonchev–Trinajstić information content (AvgIpc) is 2.06. The lowest BCUT2D eigenvalue weighted by atomic mass is 10.0. The van der Waals surface area contributed by atoms with Crippen LogP contribution in [0.25, 0.3) is 0 Å². The van der Waals surface area contributed by atoms with E-state index >= 15 is 0 Å². The molecule has 5 heteroatoms. The number of hydrogen-bond acceptors (Lipinski definition) is 4. The third kappa shape index (κ3) is 1.73. The van der Waals surface area contributed by atoms with Crippen molar-refractivity contribution in [3.63, 3.8) is 0 Å². The molecule has 13 heavy (non-hydrogen) atoms. The second-order valence-electron chi connectivity index (χ2n) is 3.21. The molecule has 1 aromatic rings. The zero-order valence-corrected chi connectivity index (χ0v) is 7.91. The van der Waals surface area contributed by atoms with Gasteiger partial charge in [-0.05, 0) is 6.54 Å². The quantitative estimate of drug-likeness (QED) is 0.753. The predicted octanol–water partition coefficient (Wildman–Crippen LogP) is 0.525. The van der Waals surface area contributed by atoms with Crippen LogP contribution in [-0.2, 0) is 0 Å². The van der Waals surface area contributed by atoms with Crippen molar-refractivity contribution in [1.29, 1.82) is 0 Å². The van der Waals surface area contributed by atoms with Crippen molar-refractivity contribution in [2.24, 2.45) is 11.7 Å². The van der Waals surface area contributed by atoms with E-state index in [4.69, 9.17) is 17.3 Å². The molecule has 0 amide bonds. The summed E-state index contributed by atoms with van der Waals surface area (Å²) < 4.78 is 0. The van der Waals surface area contributed by atoms with Gasteiger partial charge in [0.25, 0.3) is 0 Å². The molecule has 70 valence electrons. The zero-order chi connectivity index (χ0) is 9.26. The van der Waals surface area contributed by atoms with Crippen molar-refractivity contribution in [2.75, 3.05) is 24.5 Å². The summed E-state index contributed by atoms with van der Waals surface area (Å²) >= 11 is 5.67. The molecule has 0 atom stereocenters. The largest absolute Gasteiger partial charge is 0.340 e. The normalized spacial score (nSPS) is 17.2. The maximum atomic E-state index is 5.67. The molecule has 1 fully saturated rings. The fourth-order valence-electron chi connectivity index (χ4n) is 1.35. The van der Waals surface area contributed by atoms with E-state index in [9.17, 15) is 0 Å². The molecule has 0 saturated carbocycles. The minimum absolute atomic E-state index is 0.569. The van der Waals surface area contributed by atoms with Crippen LogP contribution in [-0.4, -0.2) is 29.6 Å². The van der Waals surface area contributed by atoms with E-state index in [1.807, 2.05) is 0 Å². The second kappa shape index (κ2) is 3.47. The Morgan fingerprint density at radius 3 is 2.62 bits per heavy atom. The number of nitrogens with zero attached hydrogens (tertiary/aromatic N) is 3. The number of nitrogens with two attached hydrogens (primary N) is 1. The van der Waals surface area contributed by atoms with Gasteiger partial charge in [-0.2, -0.15) is 0 Å². The number of hydrogen-bond donors (Lipinski definition) is 1. The molecule has 1 aromatic heterocycles. The topological polar surface area (TPSA) is 55.0 Å². The highest BCUT2D eigenvalue weighted by Gasteiger charge is 2.26. The second-order valence-corrected chi connectivity index (χ2v) is 3.64. The van der Waals surface area contributed by atoms with Crippen LogP contribution in [0, 0.1) is 5.92 Å². The van der Waals surface area contributed by atoms with Gasteiger partial charge in [-0.3, -0.25) is 0 Å². The van der Waals surface area contributed by atoms with Crippen LogP contribution < -0.4 is 10.6 Å². The van der Waals surface area contributed by atoms with Crippen molar-refractivity contribution in [3.8, 4) is 0 Å². The lowest BCUT2D eigenvalue weighted by Gasteiger charge is -2.38. The molecule has 1 saturated heterocycles. The lowest BCUT2D eigenvalue weighted by molar-refractivity contribution is 0.413. The molecule has 0 aromatic carbocycles. The Bertz CT molecular complexity index is 281. The molecule has 0 aliphatic carbocycles. The highest BCUT2D eigenvalue weighted by molar-refractivity contribution is 6.30. The maximum absolute atomic E-state index is 5.67. The summed E-state index contributed by atoms with van der Waals surface area (Å²) in [7, 11) is 0. The first-order valence-corrected chi connectivity index (χ1v) is 4.60. The average molecular weight is 199 g/mol. The van der Waals surface area contributed by atoms with Gasteiger partial charge in [0, 0.05) is 19.0 Å². The van der Waals surface area contributed by atoms with Crippen molar-refractivity contribution < 1.29 is 0 Å². The van der Waals surface area contributed by atoms with Crippen LogP contribution in [0.4, 0.5) is 5.95 Å². The van der Waals surface area contributed by atoms with E-state index in [1.165, 1.54) is 0 Å². The molecule has 4 nitrogen and oxygen atoms in total. The van der Waals surface area contributed by atoms with Gasteiger partial charge in [-0.25, -0.2) is 9.97 Å². The Morgan fingerprint density at radius 1 is 1.46 bits per heavy atom. The molecule has 1 aliphatic heterocycles. The van der Waals surface area contributed by atoms with E-state index in [2.05, 4.69) is 14.9 Å². The molecule has 0 bridgehead atoms. The summed E-state index contributed by atoms with van der Waals surface area (Å²) in [6, 6.07) is 0. The number of anilines is 1. The van der Waals surface area contributed by atoms with Gasteiger partial charge in [-0.15, -0.1) is 0 Å². The predicted molar refractivity (Wildman–Crippen MR) is 51.8 cm³/mol. The Balaban J connectivity index is 1.99. The van der Waals surface area contributed by atoms with Gasteiger partial charge >= 0.3 is 0 Å². The Hall–Kier alpha value is -0.870. The van der Waals surface area contributed by atoms with Crippen molar-refractivity contribution in [2.45, 2.75) is 0 Å². The summed E-state index contributed by atoms with van der Waals surface area (Å²) in [4.78, 5) is 10.3. The molecule has 2 heterocycles. The van der Waals surface area contributed by atoms with E-state index in [0.29, 0.717) is 10.9 Å². The third-order valence-corrected chi connectivity index (χ3v) is 2.38. The molecular formula is C8H11ClN4. The highest BCUT2D eigenvalue weighted by Crippen LogP contribution is 2.20. The Kier molecular flexibility index (Phi) is 2.33. The molecule has 0 radical (unpaired) electrons. The SMILES string of the molecule is NCC1CN(c2ncc(Cl)cn2)C1. The van der Waals surface area contributed by atoms with Crippen LogP contribution in [0.1, 0.15) is 0 Å². The van der Waals surface area contributed by atoms with E-state index in [0.717, 1.165) is 25.6 Å². The van der Waals surface area contributed by atoms with Crippen molar-refractivity contribution in [3.05, 3.63) is 17.4 Å². The van der Waals surface area contributed by atoms with E-state index in [1.54, 1.807) is 12.4 Å². The standard InChI is InChI=1S/C8H11ClN4/c9-7-2-11-8(12-3-7)13-4-6(1-10)5-13/h2-3,6H,1,4-5,10H2. The van der Waals surface area contributed by atoms with Gasteiger partial charge in [-0.1, -0.05) is 11.6 Å². The van der Waals surface area contributed by atoms with Gasteiger partial charge in [0.1, 0.15) is 0 Å². The highest BCUT2D eigenvalue weighted by atomic mass is 35.5. The van der Waals surface area contributed by atoms with Crippen LogP contribution >= 0.6 is 11.6 Å². The van der Waals surface area contributed by atoms with Crippen LogP contribution in [0.2, 0.25) is 5.02 Å². The summed E-state index contributed by atoms with van der Waals surface area (Å²) in [6.45, 7) is 2.65. The third-order valence-electron chi connectivity index (χ3n) is 2.18. The maximum Gasteiger partial charge on any atom is 0.225 e. The van der Waals surface area contributed by atoms with Crippen LogP contribution in [0.15, 0.2) is 12.4 Å². The van der Waals surface area contributed by atoms with Gasteiger partial charge < -0.3 is 10.6 Å². The molecule has 2 N–H and O–H groups in total. The van der Waals surface area contributed by atoms with Gasteiger partial charge in [0.15, 0.2) is 0 Å². The monoisotopic (exact) mass is 198 g/mol. The van der Waals surface area contributed by atoms with Crippen molar-refractivity contribution in [1.82, 2.24) is 9.97 Å². The molecule has 0 spiro atoms. The minimum atomic E-state index is 0.569. The van der Waals surface area contributed by atoms with Crippen LogP contribution in [0.5, 0.6) is 0 Å².